The van der Waals surface area contributed by atoms with E-state index >= 15 is 0 Å². The molecular weight excluding hydrogens is 789 g/mol. The molecule has 3 aliphatic rings. The van der Waals surface area contributed by atoms with Gasteiger partial charge in [0.1, 0.15) is 0 Å². The number of anilines is 2. The first kappa shape index (κ1) is 45.3. The Kier molecular flexibility index (Phi) is 16.8. The lowest BCUT2D eigenvalue weighted by Crippen LogP contribution is -2.12. The zero-order valence-corrected chi connectivity index (χ0v) is 37.4. The maximum absolute atomic E-state index is 6.80. The molecule has 3 heteroatoms. The van der Waals surface area contributed by atoms with Crippen molar-refractivity contribution in [2.45, 2.75) is 58.0 Å². The van der Waals surface area contributed by atoms with Crippen molar-refractivity contribution >= 4 is 34.2 Å². The fraction of sp³-hybridized carbons (Fsp3) is 0.145. The molecule has 0 saturated heterocycles. The molecule has 65 heavy (non-hydrogen) atoms. The third-order valence-electron chi connectivity index (χ3n) is 11.5. The molecule has 0 amide bonds. The number of nitrogens with one attached hydrogen (secondary N) is 1. The monoisotopic (exact) mass is 846 g/mol. The van der Waals surface area contributed by atoms with Crippen LogP contribution in [0.15, 0.2) is 235 Å². The van der Waals surface area contributed by atoms with Gasteiger partial charge in [-0.1, -0.05) is 176 Å². The summed E-state index contributed by atoms with van der Waals surface area (Å²) < 4.78 is 6.39. The van der Waals surface area contributed by atoms with E-state index < -0.39 is 6.10 Å². The van der Waals surface area contributed by atoms with Gasteiger partial charge in [0.2, 0.25) is 0 Å². The second kappa shape index (κ2) is 24.2. The largest absolute Gasteiger partial charge is 0.478 e. The van der Waals surface area contributed by atoms with E-state index in [2.05, 4.69) is 163 Å². The van der Waals surface area contributed by atoms with Crippen LogP contribution in [0.1, 0.15) is 74.1 Å². The normalized spacial score (nSPS) is 18.2. The topological polar surface area (TPSA) is 47.3 Å². The second-order valence-corrected chi connectivity index (χ2v) is 16.2. The number of hydrogen-bond donors (Lipinski definition) is 2. The van der Waals surface area contributed by atoms with Crippen LogP contribution in [0.5, 0.6) is 0 Å². The Bertz CT molecular complexity index is 2760. The zero-order chi connectivity index (χ0) is 44.9. The van der Waals surface area contributed by atoms with Crippen molar-refractivity contribution in [2.24, 2.45) is 0 Å². The summed E-state index contributed by atoms with van der Waals surface area (Å²) in [5.74, 6) is 3.77. The minimum absolute atomic E-state index is 0.473. The van der Waals surface area contributed by atoms with E-state index in [0.29, 0.717) is 5.69 Å². The fourth-order valence-corrected chi connectivity index (χ4v) is 7.75. The number of allylic oxidation sites excluding steroid dienone is 22. The Morgan fingerprint density at radius 2 is 1.58 bits per heavy atom. The van der Waals surface area contributed by atoms with E-state index in [-0.39, 0.29) is 0 Å². The van der Waals surface area contributed by atoms with Gasteiger partial charge in [-0.25, -0.2) is 0 Å². The van der Waals surface area contributed by atoms with Crippen molar-refractivity contribution in [1.82, 2.24) is 0 Å². The Morgan fingerprint density at radius 1 is 0.769 bits per heavy atom. The highest BCUT2D eigenvalue weighted by atomic mass is 16.5. The Hall–Kier alpha value is -7.76. The van der Waals surface area contributed by atoms with Crippen molar-refractivity contribution in [3.63, 3.8) is 0 Å². The second-order valence-electron chi connectivity index (χ2n) is 16.2. The molecule has 0 bridgehead atoms. The van der Waals surface area contributed by atoms with Crippen LogP contribution in [-0.4, -0.2) is 6.10 Å². The van der Waals surface area contributed by atoms with Crippen LogP contribution in [0, 0.1) is 12.3 Å². The van der Waals surface area contributed by atoms with Crippen molar-refractivity contribution in [2.75, 3.05) is 11.1 Å². The third kappa shape index (κ3) is 13.6. The SMILES string of the molecule is C#CC(O/C1=C/C=C\C=C\CCCCC1)/C(C)=C\C=C/C1=C(c2cc(C(/C=C\c3ccc(C4=CC=CCC4)cc3)=C/C=C/Nc3ccc(-c4ccccc4)cc3)ccc2N)C=C=CC=C1. The van der Waals surface area contributed by atoms with E-state index in [0.717, 1.165) is 89.0 Å². The molecule has 3 N–H and O–H groups in total. The molecule has 0 saturated carbocycles. The summed E-state index contributed by atoms with van der Waals surface area (Å²) in [4.78, 5) is 0. The molecular formula is C62H58N2O. The number of ether oxygens (including phenoxy) is 1. The summed E-state index contributed by atoms with van der Waals surface area (Å²) in [6.45, 7) is 2.02. The first-order chi connectivity index (χ1) is 32.0. The van der Waals surface area contributed by atoms with Crippen molar-refractivity contribution < 1.29 is 4.74 Å². The molecule has 0 spiro atoms. The summed E-state index contributed by atoms with van der Waals surface area (Å²) in [6, 6.07) is 34.0. The quantitative estimate of drug-likeness (QED) is 0.0575. The van der Waals surface area contributed by atoms with E-state index in [1.165, 1.54) is 28.7 Å². The summed E-state index contributed by atoms with van der Waals surface area (Å²) in [5, 5.41) is 3.45. The molecule has 7 rings (SSSR count). The van der Waals surface area contributed by atoms with Gasteiger partial charge in [0.15, 0.2) is 6.10 Å². The van der Waals surface area contributed by atoms with Crippen molar-refractivity contribution in [1.29, 1.82) is 0 Å². The minimum atomic E-state index is -0.473. The van der Waals surface area contributed by atoms with Gasteiger partial charge in [0, 0.05) is 29.6 Å². The minimum Gasteiger partial charge on any atom is -0.478 e. The van der Waals surface area contributed by atoms with Crippen LogP contribution < -0.4 is 11.1 Å². The van der Waals surface area contributed by atoms with Gasteiger partial charge >= 0.3 is 0 Å². The maximum atomic E-state index is 6.80. The van der Waals surface area contributed by atoms with Crippen LogP contribution in [0.4, 0.5) is 11.4 Å². The van der Waals surface area contributed by atoms with Crippen LogP contribution in [0.25, 0.3) is 33.9 Å². The summed E-state index contributed by atoms with van der Waals surface area (Å²) in [7, 11) is 0. The Balaban J connectivity index is 1.15. The number of nitrogens with two attached hydrogens (primary N) is 1. The average Bonchev–Trinajstić information content (AvgIpc) is 3.62. The third-order valence-corrected chi connectivity index (χ3v) is 11.5. The highest BCUT2D eigenvalue weighted by molar-refractivity contribution is 5.90. The van der Waals surface area contributed by atoms with E-state index in [1.807, 2.05) is 79.9 Å². The van der Waals surface area contributed by atoms with Crippen LogP contribution >= 0.6 is 0 Å². The first-order valence-electron chi connectivity index (χ1n) is 22.7. The number of terminal acetylenes is 1. The van der Waals surface area contributed by atoms with Crippen LogP contribution in [-0.2, 0) is 4.74 Å². The average molecular weight is 847 g/mol. The van der Waals surface area contributed by atoms with Gasteiger partial charge in [0.25, 0.3) is 0 Å². The zero-order valence-electron chi connectivity index (χ0n) is 37.4. The standard InChI is InChI=1S/C62H58N2O/c1-3-62(65-58-31-18-8-6-4-5-7-9-19-32-58)48(2)23-21-29-55-28-17-12-20-33-59(55)60-47-56(42-45-61(60)63)52(37-34-49-35-38-53(39-36-49)50-24-13-10-14-25-50)30-22-46-64-57-43-40-54(41-44-57)51-26-15-11-16-27-51/h1,4,6,8,10-13,15-18,21-24,26-31,33-47,62,64H,5,7,9,14,19,25,32,63H2,2H3/b6-4+,18-8-,29-21-,37-34-,46-22+,48-23-,52-30+,58-31+. The molecule has 322 valence electrons. The van der Waals surface area contributed by atoms with Crippen molar-refractivity contribution in [3.8, 4) is 23.5 Å². The van der Waals surface area contributed by atoms with E-state index in [9.17, 15) is 0 Å². The molecule has 0 aliphatic heterocycles. The lowest BCUT2D eigenvalue weighted by atomic mass is 9.93. The molecule has 0 radical (unpaired) electrons. The predicted molar refractivity (Wildman–Crippen MR) is 280 cm³/mol. The van der Waals surface area contributed by atoms with Gasteiger partial charge in [0.05, 0.1) is 5.76 Å². The van der Waals surface area contributed by atoms with E-state index in [4.69, 9.17) is 16.9 Å². The number of hydrogen-bond acceptors (Lipinski definition) is 3. The van der Waals surface area contributed by atoms with Gasteiger partial charge in [-0.15, -0.1) is 12.2 Å². The van der Waals surface area contributed by atoms with Crippen LogP contribution in [0.3, 0.4) is 0 Å². The number of benzene rings is 4. The number of rotatable bonds is 14. The predicted octanol–water partition coefficient (Wildman–Crippen LogP) is 15.9. The van der Waals surface area contributed by atoms with Crippen LogP contribution in [0.2, 0.25) is 0 Å². The molecule has 1 unspecified atom stereocenters. The van der Waals surface area contributed by atoms with E-state index in [1.54, 1.807) is 0 Å². The summed E-state index contributed by atoms with van der Waals surface area (Å²) >= 11 is 0. The van der Waals surface area contributed by atoms with Crippen molar-refractivity contribution in [3.05, 3.63) is 258 Å². The van der Waals surface area contributed by atoms with Gasteiger partial charge < -0.3 is 15.8 Å². The lowest BCUT2D eigenvalue weighted by Gasteiger charge is -2.17. The maximum Gasteiger partial charge on any atom is 0.179 e. The Labute approximate surface area is 387 Å². The molecule has 4 aromatic carbocycles. The number of nitrogen functional groups attached to an aromatic ring is 1. The molecule has 3 nitrogen and oxygen atoms in total. The molecule has 3 aliphatic carbocycles. The lowest BCUT2D eigenvalue weighted by molar-refractivity contribution is 0.178. The van der Waals surface area contributed by atoms with Gasteiger partial charge in [-0.3, -0.25) is 0 Å². The molecule has 0 heterocycles. The summed E-state index contributed by atoms with van der Waals surface area (Å²) in [5.41, 5.74) is 23.8. The van der Waals surface area contributed by atoms with Gasteiger partial charge in [-0.2, -0.15) is 0 Å². The highest BCUT2D eigenvalue weighted by Crippen LogP contribution is 2.32. The molecule has 0 fully saturated rings. The smallest absolute Gasteiger partial charge is 0.179 e. The molecule has 1 atom stereocenters. The Morgan fingerprint density at radius 3 is 2.40 bits per heavy atom. The first-order valence-corrected chi connectivity index (χ1v) is 22.7. The molecule has 4 aromatic rings. The fourth-order valence-electron chi connectivity index (χ4n) is 7.75. The highest BCUT2D eigenvalue weighted by Gasteiger charge is 2.13. The van der Waals surface area contributed by atoms with Gasteiger partial charge in [-0.05, 0) is 143 Å². The summed E-state index contributed by atoms with van der Waals surface area (Å²) in [6.07, 6.45) is 54.7. The molecule has 0 aromatic heterocycles.